The largest absolute Gasteiger partial charge is 0.480 e. The molecule has 3 unspecified atom stereocenters. The van der Waals surface area contributed by atoms with Crippen LogP contribution in [0, 0.1) is 5.92 Å². The monoisotopic (exact) mass is 301 g/mol. The van der Waals surface area contributed by atoms with Crippen LogP contribution >= 0.6 is 0 Å². The third-order valence-electron chi connectivity index (χ3n) is 5.51. The maximum absolute atomic E-state index is 11.7. The van der Waals surface area contributed by atoms with Gasteiger partial charge in [0.25, 0.3) is 0 Å². The molecule has 1 N–H and O–H groups in total. The van der Waals surface area contributed by atoms with E-state index in [9.17, 15) is 9.90 Å². The fraction of sp³-hybridized carbons (Fsp3) is 0.611. The van der Waals surface area contributed by atoms with E-state index >= 15 is 0 Å². The van der Waals surface area contributed by atoms with Crippen molar-refractivity contribution in [1.82, 2.24) is 4.90 Å². The molecule has 3 atom stereocenters. The topological polar surface area (TPSA) is 53.1 Å². The summed E-state index contributed by atoms with van der Waals surface area (Å²) in [4.78, 5) is 13.8. The highest BCUT2D eigenvalue weighted by atomic mass is 16.6. The molecule has 0 spiro atoms. The number of hydrogen-bond donors (Lipinski definition) is 1. The summed E-state index contributed by atoms with van der Waals surface area (Å²) in [5, 5.41) is 9.61. The van der Waals surface area contributed by atoms with E-state index in [1.54, 1.807) is 0 Å². The second-order valence-electron chi connectivity index (χ2n) is 6.89. The number of ether oxygens (including phenoxy) is 1. The maximum Gasteiger partial charge on any atom is 0.321 e. The Hall–Kier alpha value is -1.39. The number of epoxide rings is 1. The second kappa shape index (κ2) is 5.67. The number of nitrogens with zero attached hydrogens (tertiary/aromatic N) is 1. The molecule has 0 aromatic heterocycles. The Morgan fingerprint density at radius 2 is 1.86 bits per heavy atom. The van der Waals surface area contributed by atoms with Crippen molar-refractivity contribution in [2.45, 2.75) is 63.4 Å². The summed E-state index contributed by atoms with van der Waals surface area (Å²) in [6.45, 7) is 0.695. The van der Waals surface area contributed by atoms with Crippen molar-refractivity contribution >= 4 is 5.97 Å². The van der Waals surface area contributed by atoms with Gasteiger partial charge in [0, 0.05) is 6.54 Å². The SMILES string of the molecule is O=C(O)C1Cc2ccccc2CN1C1OC1C1CCCCC1. The van der Waals surface area contributed by atoms with Crippen LogP contribution in [0.3, 0.4) is 0 Å². The van der Waals surface area contributed by atoms with E-state index in [1.807, 2.05) is 12.1 Å². The van der Waals surface area contributed by atoms with Gasteiger partial charge < -0.3 is 9.84 Å². The van der Waals surface area contributed by atoms with Gasteiger partial charge in [0.05, 0.1) is 0 Å². The summed E-state index contributed by atoms with van der Waals surface area (Å²) >= 11 is 0. The summed E-state index contributed by atoms with van der Waals surface area (Å²) in [6, 6.07) is 7.73. The van der Waals surface area contributed by atoms with Crippen LogP contribution in [0.5, 0.6) is 0 Å². The van der Waals surface area contributed by atoms with E-state index < -0.39 is 12.0 Å². The molecular weight excluding hydrogens is 278 g/mol. The fourth-order valence-electron chi connectivity index (χ4n) is 4.23. The Morgan fingerprint density at radius 1 is 1.14 bits per heavy atom. The number of carbonyl (C=O) groups is 1. The molecule has 4 nitrogen and oxygen atoms in total. The van der Waals surface area contributed by atoms with Gasteiger partial charge in [-0.25, -0.2) is 0 Å². The smallest absolute Gasteiger partial charge is 0.321 e. The van der Waals surface area contributed by atoms with Crippen LogP contribution < -0.4 is 0 Å². The molecule has 2 aliphatic heterocycles. The normalized spacial score (nSPS) is 32.5. The van der Waals surface area contributed by atoms with Gasteiger partial charge in [-0.1, -0.05) is 43.5 Å². The number of benzene rings is 1. The van der Waals surface area contributed by atoms with Crippen molar-refractivity contribution in [2.75, 3.05) is 0 Å². The number of fused-ring (bicyclic) bond motifs is 1. The molecule has 1 aromatic rings. The Balaban J connectivity index is 1.52. The summed E-state index contributed by atoms with van der Waals surface area (Å²) in [6.07, 6.45) is 7.26. The minimum atomic E-state index is -0.729. The van der Waals surface area contributed by atoms with Crippen molar-refractivity contribution < 1.29 is 14.6 Å². The first kappa shape index (κ1) is 14.2. The fourth-order valence-corrected chi connectivity index (χ4v) is 4.23. The van der Waals surface area contributed by atoms with Crippen LogP contribution in [0.15, 0.2) is 24.3 Å². The Morgan fingerprint density at radius 3 is 2.59 bits per heavy atom. The summed E-state index contributed by atoms with van der Waals surface area (Å²) in [5.74, 6) is -0.0993. The molecule has 118 valence electrons. The van der Waals surface area contributed by atoms with Gasteiger partial charge in [-0.2, -0.15) is 0 Å². The predicted molar refractivity (Wildman–Crippen MR) is 82.3 cm³/mol. The average Bonchev–Trinajstić information content (AvgIpc) is 3.35. The molecule has 1 aliphatic carbocycles. The van der Waals surface area contributed by atoms with Gasteiger partial charge in [0.1, 0.15) is 18.4 Å². The zero-order valence-electron chi connectivity index (χ0n) is 12.8. The van der Waals surface area contributed by atoms with E-state index in [0.29, 0.717) is 18.9 Å². The van der Waals surface area contributed by atoms with Crippen molar-refractivity contribution in [1.29, 1.82) is 0 Å². The first-order chi connectivity index (χ1) is 10.7. The molecule has 4 rings (SSSR count). The molecule has 1 saturated carbocycles. The summed E-state index contributed by atoms with van der Waals surface area (Å²) < 4.78 is 5.95. The first-order valence-electron chi connectivity index (χ1n) is 8.45. The molecular formula is C18H23NO3. The van der Waals surface area contributed by atoms with E-state index in [-0.39, 0.29) is 12.3 Å². The third-order valence-corrected chi connectivity index (χ3v) is 5.51. The quantitative estimate of drug-likeness (QED) is 0.872. The molecule has 0 bridgehead atoms. The van der Waals surface area contributed by atoms with E-state index in [4.69, 9.17) is 4.74 Å². The molecule has 3 aliphatic rings. The minimum absolute atomic E-state index is 0.0116. The van der Waals surface area contributed by atoms with E-state index in [0.717, 1.165) is 0 Å². The lowest BCUT2D eigenvalue weighted by molar-refractivity contribution is -0.145. The highest BCUT2D eigenvalue weighted by Crippen LogP contribution is 2.42. The minimum Gasteiger partial charge on any atom is -0.480 e. The lowest BCUT2D eigenvalue weighted by Crippen LogP contribution is -2.48. The van der Waals surface area contributed by atoms with Crippen molar-refractivity contribution in [3.63, 3.8) is 0 Å². The number of carboxylic acid groups (broad SMARTS) is 1. The van der Waals surface area contributed by atoms with Crippen molar-refractivity contribution in [2.24, 2.45) is 5.92 Å². The molecule has 22 heavy (non-hydrogen) atoms. The van der Waals surface area contributed by atoms with Crippen molar-refractivity contribution in [3.05, 3.63) is 35.4 Å². The Kier molecular flexibility index (Phi) is 3.66. The van der Waals surface area contributed by atoms with Gasteiger partial charge >= 0.3 is 5.97 Å². The van der Waals surface area contributed by atoms with Crippen LogP contribution in [0.2, 0.25) is 0 Å². The molecule has 2 fully saturated rings. The van der Waals surface area contributed by atoms with Gasteiger partial charge in [-0.05, 0) is 36.3 Å². The van der Waals surface area contributed by atoms with Crippen LogP contribution in [0.4, 0.5) is 0 Å². The second-order valence-corrected chi connectivity index (χ2v) is 6.89. The van der Waals surface area contributed by atoms with Crippen molar-refractivity contribution in [3.8, 4) is 0 Å². The highest BCUT2D eigenvalue weighted by molar-refractivity contribution is 5.74. The van der Waals surface area contributed by atoms with Crippen LogP contribution in [-0.2, 0) is 22.5 Å². The average molecular weight is 301 g/mol. The van der Waals surface area contributed by atoms with Gasteiger partial charge in [-0.3, -0.25) is 9.69 Å². The van der Waals surface area contributed by atoms with E-state index in [2.05, 4.69) is 17.0 Å². The van der Waals surface area contributed by atoms with Crippen LogP contribution in [0.25, 0.3) is 0 Å². The molecule has 1 aromatic carbocycles. The molecule has 2 heterocycles. The molecule has 0 radical (unpaired) electrons. The van der Waals surface area contributed by atoms with Crippen LogP contribution in [-0.4, -0.2) is 34.3 Å². The van der Waals surface area contributed by atoms with Gasteiger partial charge in [0.15, 0.2) is 0 Å². The van der Waals surface area contributed by atoms with Gasteiger partial charge in [-0.15, -0.1) is 0 Å². The zero-order chi connectivity index (χ0) is 15.1. The molecule has 4 heteroatoms. The highest BCUT2D eigenvalue weighted by Gasteiger charge is 2.52. The Labute approximate surface area is 131 Å². The number of aliphatic carboxylic acids is 1. The first-order valence-corrected chi connectivity index (χ1v) is 8.45. The number of hydrogen-bond acceptors (Lipinski definition) is 3. The standard InChI is InChI=1S/C18H23NO3/c20-18(21)15-10-13-8-4-5-9-14(13)11-19(15)17-16(22-17)12-6-2-1-3-7-12/h4-5,8-9,12,15-17H,1-3,6-7,10-11H2,(H,20,21). The zero-order valence-corrected chi connectivity index (χ0v) is 12.8. The summed E-state index contributed by atoms with van der Waals surface area (Å²) in [7, 11) is 0. The number of carboxylic acids is 1. The lowest BCUT2D eigenvalue weighted by Gasteiger charge is -2.33. The predicted octanol–water partition coefficient (Wildman–Crippen LogP) is 2.80. The van der Waals surface area contributed by atoms with E-state index in [1.165, 1.54) is 43.2 Å². The summed E-state index contributed by atoms with van der Waals surface area (Å²) in [5.41, 5.74) is 2.42. The van der Waals surface area contributed by atoms with Crippen LogP contribution in [0.1, 0.15) is 43.2 Å². The third kappa shape index (κ3) is 2.55. The molecule has 1 saturated heterocycles. The number of rotatable bonds is 3. The van der Waals surface area contributed by atoms with Gasteiger partial charge in [0.2, 0.25) is 0 Å². The molecule has 0 amide bonds. The maximum atomic E-state index is 11.7. The lowest BCUT2D eigenvalue weighted by atomic mass is 9.86. The Bertz CT molecular complexity index is 567.